The molecule has 0 heterocycles. The molecule has 1 aromatic carbocycles. The minimum Gasteiger partial charge on any atom is -0.497 e. The third-order valence-corrected chi connectivity index (χ3v) is 11.7. The van der Waals surface area contributed by atoms with Crippen LogP contribution in [0.3, 0.4) is 0 Å². The summed E-state index contributed by atoms with van der Waals surface area (Å²) in [6, 6.07) is 7.59. The fourth-order valence-corrected chi connectivity index (χ4v) is 5.54. The van der Waals surface area contributed by atoms with Gasteiger partial charge in [-0.05, 0) is 42.8 Å². The third-order valence-electron chi connectivity index (χ3n) is 7.24. The fourth-order valence-electron chi connectivity index (χ4n) is 4.24. The predicted molar refractivity (Wildman–Crippen MR) is 141 cm³/mol. The van der Waals surface area contributed by atoms with Gasteiger partial charge in [0.05, 0.1) is 37.6 Å². The number of hydrogen-bond acceptors (Lipinski definition) is 9. The molecule has 2 rings (SSSR count). The van der Waals surface area contributed by atoms with Crippen LogP contribution in [-0.4, -0.2) is 84.9 Å². The highest BCUT2D eigenvalue weighted by Crippen LogP contribution is 2.42. The van der Waals surface area contributed by atoms with Gasteiger partial charge in [0.1, 0.15) is 38.0 Å². The van der Waals surface area contributed by atoms with Crippen LogP contribution in [0.25, 0.3) is 0 Å². The summed E-state index contributed by atoms with van der Waals surface area (Å²) in [5.41, 5.74) is 1.57. The fraction of sp³-hybridized carbons (Fsp3) is 0.731. The molecule has 9 nitrogen and oxygen atoms in total. The average molecular weight is 528 g/mol. The Morgan fingerprint density at radius 1 is 0.944 bits per heavy atom. The number of aliphatic hydroxyl groups is 1. The summed E-state index contributed by atoms with van der Waals surface area (Å²) >= 11 is 0. The van der Waals surface area contributed by atoms with Crippen molar-refractivity contribution in [1.29, 1.82) is 0 Å². The molecule has 0 unspecified atom stereocenters. The van der Waals surface area contributed by atoms with Crippen LogP contribution in [0, 0.1) is 5.92 Å². The quantitative estimate of drug-likeness (QED) is 0.189. The van der Waals surface area contributed by atoms with E-state index in [1.54, 1.807) is 21.3 Å². The largest absolute Gasteiger partial charge is 0.497 e. The molecule has 0 aromatic heterocycles. The molecule has 206 valence electrons. The summed E-state index contributed by atoms with van der Waals surface area (Å²) in [6.07, 6.45) is -3.56. The van der Waals surface area contributed by atoms with Gasteiger partial charge >= 0.3 is 0 Å². The van der Waals surface area contributed by atoms with Crippen LogP contribution in [-0.2, 0) is 34.8 Å². The van der Waals surface area contributed by atoms with Crippen molar-refractivity contribution in [2.75, 3.05) is 35.2 Å². The van der Waals surface area contributed by atoms with E-state index in [0.29, 0.717) is 5.71 Å². The monoisotopic (exact) mass is 527 g/mol. The molecule has 0 bridgehead atoms. The summed E-state index contributed by atoms with van der Waals surface area (Å²) in [7, 11) is 4.01. The minimum atomic E-state index is -2.28. The molecule has 1 fully saturated rings. The van der Waals surface area contributed by atoms with Crippen molar-refractivity contribution in [2.24, 2.45) is 11.1 Å². The first-order chi connectivity index (χ1) is 16.9. The zero-order chi connectivity index (χ0) is 27.1. The summed E-state index contributed by atoms with van der Waals surface area (Å²) < 4.78 is 35.7. The second kappa shape index (κ2) is 13.3. The van der Waals surface area contributed by atoms with Crippen molar-refractivity contribution in [3.63, 3.8) is 0 Å². The van der Waals surface area contributed by atoms with Gasteiger partial charge in [-0.15, -0.1) is 0 Å². The van der Waals surface area contributed by atoms with Gasteiger partial charge in [0.25, 0.3) is 0 Å². The first-order valence-electron chi connectivity index (χ1n) is 12.2. The Bertz CT molecular complexity index is 826. The second-order valence-electron chi connectivity index (χ2n) is 10.6. The Hall–Kier alpha value is -1.53. The van der Waals surface area contributed by atoms with Crippen LogP contribution in [0.2, 0.25) is 18.1 Å². The molecule has 1 aliphatic carbocycles. The van der Waals surface area contributed by atoms with Crippen LogP contribution < -0.4 is 4.74 Å². The third kappa shape index (κ3) is 7.28. The molecule has 36 heavy (non-hydrogen) atoms. The van der Waals surface area contributed by atoms with Gasteiger partial charge in [0.2, 0.25) is 0 Å². The summed E-state index contributed by atoms with van der Waals surface area (Å²) in [5, 5.41) is 15.8. The smallest absolute Gasteiger partial charge is 0.192 e. The van der Waals surface area contributed by atoms with Gasteiger partial charge in [0.15, 0.2) is 8.32 Å². The van der Waals surface area contributed by atoms with E-state index < -0.39 is 44.8 Å². The number of oxime groups is 1. The molecule has 1 N–H and O–H groups in total. The van der Waals surface area contributed by atoms with Gasteiger partial charge in [-0.1, -0.05) is 38.1 Å². The van der Waals surface area contributed by atoms with Gasteiger partial charge in [-0.25, -0.2) is 0 Å². The Morgan fingerprint density at radius 3 is 2.08 bits per heavy atom. The molecule has 0 amide bonds. The number of nitrogens with zero attached hydrogens (tertiary/aromatic N) is 1. The van der Waals surface area contributed by atoms with E-state index in [-0.39, 0.29) is 18.4 Å². The molecule has 10 heteroatoms. The average Bonchev–Trinajstić information content (AvgIpc) is 2.82. The van der Waals surface area contributed by atoms with Crippen molar-refractivity contribution >= 4 is 14.0 Å². The van der Waals surface area contributed by atoms with E-state index in [1.807, 2.05) is 31.2 Å². The maximum absolute atomic E-state index is 11.6. The molecule has 1 aromatic rings. The summed E-state index contributed by atoms with van der Waals surface area (Å²) in [5.74, 6) is 0.316. The van der Waals surface area contributed by atoms with Crippen LogP contribution in [0.4, 0.5) is 0 Å². The summed E-state index contributed by atoms with van der Waals surface area (Å²) in [6.45, 7) is 12.9. The Labute approximate surface area is 217 Å². The lowest BCUT2D eigenvalue weighted by Gasteiger charge is -2.51. The standard InChI is InChI=1S/C26H45NO8Si/c1-17(27-32-8)20-22(33-15-18-11-13-19(30-6)14-12-18)21(28)24(34-16-29-5)25(23(20)31-7)35-36(9,10)26(2,3)4/h11-14,20-25,28H,15-16H2,1-10H3/b27-17+/t20-,21-,22-,23+,24-,25-/m1/s1. The van der Waals surface area contributed by atoms with Crippen LogP contribution in [0.5, 0.6) is 5.75 Å². The molecule has 0 saturated heterocycles. The minimum absolute atomic E-state index is 0.00344. The number of hydrogen-bond donors (Lipinski definition) is 1. The van der Waals surface area contributed by atoms with Crippen molar-refractivity contribution in [1.82, 2.24) is 0 Å². The Morgan fingerprint density at radius 2 is 1.58 bits per heavy atom. The zero-order valence-corrected chi connectivity index (χ0v) is 24.4. The highest BCUT2D eigenvalue weighted by Gasteiger charge is 2.56. The molecule has 0 aliphatic heterocycles. The highest BCUT2D eigenvalue weighted by atomic mass is 28.4. The lowest BCUT2D eigenvalue weighted by Crippen LogP contribution is -2.67. The second-order valence-corrected chi connectivity index (χ2v) is 15.4. The first-order valence-corrected chi connectivity index (χ1v) is 15.1. The molecule has 0 radical (unpaired) electrons. The first kappa shape index (κ1) is 30.7. The van der Waals surface area contributed by atoms with Gasteiger partial charge < -0.3 is 38.1 Å². The molecule has 1 saturated carbocycles. The van der Waals surface area contributed by atoms with Crippen molar-refractivity contribution in [2.45, 2.75) is 83.0 Å². The number of aliphatic hydroxyl groups excluding tert-OH is 1. The molecule has 6 atom stereocenters. The molecule has 0 spiro atoms. The topological polar surface area (TPSA) is 97.2 Å². The Kier molecular flexibility index (Phi) is 11.4. The van der Waals surface area contributed by atoms with E-state index in [9.17, 15) is 5.11 Å². The van der Waals surface area contributed by atoms with Crippen LogP contribution in [0.15, 0.2) is 29.4 Å². The van der Waals surface area contributed by atoms with E-state index >= 15 is 0 Å². The number of rotatable bonds is 12. The molecular formula is C26H45NO8Si. The molecule has 1 aliphatic rings. The van der Waals surface area contributed by atoms with Crippen molar-refractivity contribution in [3.8, 4) is 5.75 Å². The van der Waals surface area contributed by atoms with Crippen molar-refractivity contribution < 1.29 is 38.1 Å². The zero-order valence-electron chi connectivity index (χ0n) is 23.4. The number of benzene rings is 1. The SMILES string of the molecule is COCO[C@@H]1[C@H](O)[C@H](OCc2ccc(OC)cc2)[C@@H](/C(C)=N/OC)[C@H](OC)[C@H]1O[Si](C)(C)C(C)(C)C. The Balaban J connectivity index is 2.47. The number of ether oxygens (including phenoxy) is 5. The van der Waals surface area contributed by atoms with Crippen molar-refractivity contribution in [3.05, 3.63) is 29.8 Å². The lowest BCUT2D eigenvalue weighted by molar-refractivity contribution is -0.238. The van der Waals surface area contributed by atoms with E-state index in [1.165, 1.54) is 7.11 Å². The maximum atomic E-state index is 11.6. The number of methoxy groups -OCH3 is 3. The maximum Gasteiger partial charge on any atom is 0.192 e. The van der Waals surface area contributed by atoms with E-state index in [4.69, 9.17) is 32.9 Å². The van der Waals surface area contributed by atoms with Gasteiger partial charge in [0, 0.05) is 14.2 Å². The van der Waals surface area contributed by atoms with Crippen LogP contribution in [0.1, 0.15) is 33.3 Å². The van der Waals surface area contributed by atoms with Crippen LogP contribution >= 0.6 is 0 Å². The van der Waals surface area contributed by atoms with E-state index in [2.05, 4.69) is 39.0 Å². The predicted octanol–water partition coefficient (Wildman–Crippen LogP) is 3.99. The summed E-state index contributed by atoms with van der Waals surface area (Å²) in [4.78, 5) is 5.10. The molecular weight excluding hydrogens is 482 g/mol. The van der Waals surface area contributed by atoms with E-state index in [0.717, 1.165) is 11.3 Å². The van der Waals surface area contributed by atoms with Gasteiger partial charge in [-0.2, -0.15) is 0 Å². The van der Waals surface area contributed by atoms with Gasteiger partial charge in [-0.3, -0.25) is 0 Å². The normalized spacial score (nSPS) is 27.7. The lowest BCUT2D eigenvalue weighted by atomic mass is 9.76. The highest BCUT2D eigenvalue weighted by molar-refractivity contribution is 6.74.